The van der Waals surface area contributed by atoms with E-state index >= 15 is 0 Å². The van der Waals surface area contributed by atoms with Crippen LogP contribution in [0.1, 0.15) is 30.1 Å². The molecular formula is C22H31NO4. The number of rotatable bonds is 12. The van der Waals surface area contributed by atoms with E-state index in [1.54, 1.807) is 6.08 Å². The minimum absolute atomic E-state index is 0.132. The Balaban J connectivity index is 2.08. The van der Waals surface area contributed by atoms with E-state index < -0.39 is 5.54 Å². The van der Waals surface area contributed by atoms with Crippen LogP contribution in [0.4, 0.5) is 0 Å². The van der Waals surface area contributed by atoms with Crippen LogP contribution in [-0.2, 0) is 9.47 Å². The van der Waals surface area contributed by atoms with E-state index in [0.717, 1.165) is 25.3 Å². The quantitative estimate of drug-likeness (QED) is 0.319. The summed E-state index contributed by atoms with van der Waals surface area (Å²) in [7, 11) is 0. The number of carbonyl (C=O) groups excluding carboxylic acids is 1. The summed E-state index contributed by atoms with van der Waals surface area (Å²) in [4.78, 5) is 15.7. The van der Waals surface area contributed by atoms with Crippen molar-refractivity contribution >= 4 is 5.78 Å². The molecule has 5 heteroatoms. The summed E-state index contributed by atoms with van der Waals surface area (Å²) in [6.45, 7) is 13.9. The normalized spacial score (nSPS) is 17.1. The Morgan fingerprint density at radius 2 is 1.89 bits per heavy atom. The highest BCUT2D eigenvalue weighted by atomic mass is 16.5. The van der Waals surface area contributed by atoms with Gasteiger partial charge in [-0.3, -0.25) is 9.69 Å². The molecule has 1 atom stereocenters. The van der Waals surface area contributed by atoms with E-state index in [4.69, 9.17) is 14.2 Å². The predicted molar refractivity (Wildman–Crippen MR) is 108 cm³/mol. The third-order valence-electron chi connectivity index (χ3n) is 4.95. The zero-order chi connectivity index (χ0) is 19.5. The maximum Gasteiger partial charge on any atom is 0.183 e. The van der Waals surface area contributed by atoms with Crippen LogP contribution in [0.5, 0.6) is 5.75 Å². The maximum atomic E-state index is 13.4. The Kier molecular flexibility index (Phi) is 8.72. The number of ketones is 1. The van der Waals surface area contributed by atoms with Crippen molar-refractivity contribution in [1.29, 1.82) is 0 Å². The molecule has 0 N–H and O–H groups in total. The molecular weight excluding hydrogens is 342 g/mol. The third-order valence-corrected chi connectivity index (χ3v) is 4.95. The molecule has 0 aliphatic carbocycles. The number of nitrogens with zero attached hydrogens (tertiary/aromatic N) is 1. The average Bonchev–Trinajstić information content (AvgIpc) is 2.72. The number of hydrogen-bond donors (Lipinski definition) is 0. The van der Waals surface area contributed by atoms with Crippen molar-refractivity contribution in [3.05, 3.63) is 55.1 Å². The standard InChI is InChI=1S/C22H31NO4/c1-4-11-22(6-3,23-12-15-26-16-13-23)21(24)19-7-9-20(10-8-19)27-18-17-25-14-5-2/h4-5,7-10H,1-2,6,11-18H2,3H3. The molecule has 1 unspecified atom stereocenters. The molecule has 0 amide bonds. The lowest BCUT2D eigenvalue weighted by atomic mass is 9.81. The van der Waals surface area contributed by atoms with Crippen molar-refractivity contribution in [2.24, 2.45) is 0 Å². The van der Waals surface area contributed by atoms with E-state index in [1.807, 2.05) is 30.3 Å². The molecule has 1 aliphatic rings. The lowest BCUT2D eigenvalue weighted by Gasteiger charge is -2.43. The second-order valence-corrected chi connectivity index (χ2v) is 6.54. The van der Waals surface area contributed by atoms with Gasteiger partial charge in [-0.1, -0.05) is 19.1 Å². The van der Waals surface area contributed by atoms with Crippen LogP contribution >= 0.6 is 0 Å². The van der Waals surface area contributed by atoms with Crippen LogP contribution in [-0.4, -0.2) is 62.3 Å². The van der Waals surface area contributed by atoms with Crippen LogP contribution in [0.3, 0.4) is 0 Å². The Morgan fingerprint density at radius 3 is 2.48 bits per heavy atom. The monoisotopic (exact) mass is 373 g/mol. The summed E-state index contributed by atoms with van der Waals surface area (Å²) < 4.78 is 16.4. The summed E-state index contributed by atoms with van der Waals surface area (Å²) in [6, 6.07) is 7.37. The molecule has 1 saturated heterocycles. The molecule has 148 valence electrons. The zero-order valence-corrected chi connectivity index (χ0v) is 16.3. The molecule has 1 aromatic rings. The van der Waals surface area contributed by atoms with E-state index in [0.29, 0.717) is 45.0 Å². The van der Waals surface area contributed by atoms with E-state index in [1.165, 1.54) is 0 Å². The van der Waals surface area contributed by atoms with Crippen molar-refractivity contribution in [2.75, 3.05) is 46.1 Å². The van der Waals surface area contributed by atoms with Gasteiger partial charge in [0.05, 0.1) is 32.0 Å². The molecule has 27 heavy (non-hydrogen) atoms. The SMILES string of the molecule is C=CCOCCOc1ccc(C(=O)C(CC)(CC=C)N2CCOCC2)cc1. The summed E-state index contributed by atoms with van der Waals surface area (Å²) in [5.41, 5.74) is 0.132. The van der Waals surface area contributed by atoms with Gasteiger partial charge < -0.3 is 14.2 Å². The molecule has 0 radical (unpaired) electrons. The second-order valence-electron chi connectivity index (χ2n) is 6.54. The van der Waals surface area contributed by atoms with Gasteiger partial charge in [0.25, 0.3) is 0 Å². The van der Waals surface area contributed by atoms with Crippen molar-refractivity contribution < 1.29 is 19.0 Å². The third kappa shape index (κ3) is 5.51. The molecule has 0 saturated carbocycles. The van der Waals surface area contributed by atoms with Crippen LogP contribution in [0.25, 0.3) is 0 Å². The summed E-state index contributed by atoms with van der Waals surface area (Å²) >= 11 is 0. The van der Waals surface area contributed by atoms with E-state index in [-0.39, 0.29) is 5.78 Å². The number of Topliss-reactive ketones (excluding diaryl/α,β-unsaturated/α-hetero) is 1. The van der Waals surface area contributed by atoms with Gasteiger partial charge in [-0.25, -0.2) is 0 Å². The molecule has 0 bridgehead atoms. The van der Waals surface area contributed by atoms with Gasteiger partial charge >= 0.3 is 0 Å². The van der Waals surface area contributed by atoms with Gasteiger partial charge in [0.15, 0.2) is 5.78 Å². The molecule has 1 aromatic carbocycles. The average molecular weight is 373 g/mol. The fourth-order valence-corrected chi connectivity index (χ4v) is 3.48. The Bertz CT molecular complexity index is 607. The highest BCUT2D eigenvalue weighted by Gasteiger charge is 2.42. The first-order valence-electron chi connectivity index (χ1n) is 9.58. The predicted octanol–water partition coefficient (Wildman–Crippen LogP) is 3.51. The van der Waals surface area contributed by atoms with Gasteiger partial charge in [-0.15, -0.1) is 13.2 Å². The van der Waals surface area contributed by atoms with Crippen LogP contribution in [0.2, 0.25) is 0 Å². The van der Waals surface area contributed by atoms with Crippen LogP contribution < -0.4 is 4.74 Å². The minimum Gasteiger partial charge on any atom is -0.491 e. The molecule has 1 heterocycles. The first-order valence-corrected chi connectivity index (χ1v) is 9.58. The van der Waals surface area contributed by atoms with Crippen molar-refractivity contribution in [2.45, 2.75) is 25.3 Å². The summed E-state index contributed by atoms with van der Waals surface area (Å²) in [6.07, 6.45) is 4.91. The van der Waals surface area contributed by atoms with Crippen LogP contribution in [0.15, 0.2) is 49.6 Å². The zero-order valence-electron chi connectivity index (χ0n) is 16.3. The number of ether oxygens (including phenoxy) is 3. The van der Waals surface area contributed by atoms with Crippen molar-refractivity contribution in [3.63, 3.8) is 0 Å². The van der Waals surface area contributed by atoms with Crippen LogP contribution in [0, 0.1) is 0 Å². The Morgan fingerprint density at radius 1 is 1.19 bits per heavy atom. The van der Waals surface area contributed by atoms with Gasteiger partial charge in [-0.05, 0) is 37.1 Å². The van der Waals surface area contributed by atoms with E-state index in [2.05, 4.69) is 25.0 Å². The number of hydrogen-bond acceptors (Lipinski definition) is 5. The van der Waals surface area contributed by atoms with Crippen molar-refractivity contribution in [3.8, 4) is 5.75 Å². The molecule has 5 nitrogen and oxygen atoms in total. The molecule has 0 spiro atoms. The smallest absolute Gasteiger partial charge is 0.183 e. The largest absolute Gasteiger partial charge is 0.491 e. The lowest BCUT2D eigenvalue weighted by Crippen LogP contribution is -2.57. The minimum atomic E-state index is -0.563. The summed E-state index contributed by atoms with van der Waals surface area (Å²) in [5.74, 6) is 0.860. The van der Waals surface area contributed by atoms with Gasteiger partial charge in [0.2, 0.25) is 0 Å². The van der Waals surface area contributed by atoms with Gasteiger partial charge in [0.1, 0.15) is 12.4 Å². The first kappa shape index (κ1) is 21.4. The molecule has 1 aliphatic heterocycles. The fourth-order valence-electron chi connectivity index (χ4n) is 3.48. The highest BCUT2D eigenvalue weighted by Crippen LogP contribution is 2.30. The number of benzene rings is 1. The molecule has 0 aromatic heterocycles. The maximum absolute atomic E-state index is 13.4. The molecule has 2 rings (SSSR count). The lowest BCUT2D eigenvalue weighted by molar-refractivity contribution is -0.0154. The number of carbonyl (C=O) groups is 1. The van der Waals surface area contributed by atoms with Gasteiger partial charge in [-0.2, -0.15) is 0 Å². The molecule has 1 fully saturated rings. The first-order chi connectivity index (χ1) is 13.2. The number of morpholine rings is 1. The topological polar surface area (TPSA) is 48.0 Å². The van der Waals surface area contributed by atoms with E-state index in [9.17, 15) is 4.79 Å². The van der Waals surface area contributed by atoms with Crippen molar-refractivity contribution in [1.82, 2.24) is 4.90 Å². The second kappa shape index (κ2) is 11.0. The van der Waals surface area contributed by atoms with Gasteiger partial charge in [0, 0.05) is 18.7 Å². The Labute approximate surface area is 162 Å². The Hall–Kier alpha value is -1.95. The fraction of sp³-hybridized carbons (Fsp3) is 0.500. The summed E-state index contributed by atoms with van der Waals surface area (Å²) in [5, 5.41) is 0. The highest BCUT2D eigenvalue weighted by molar-refractivity contribution is 6.03.